The van der Waals surface area contributed by atoms with Crippen molar-refractivity contribution in [2.24, 2.45) is 0 Å². The number of carbonyl (C=O) groups is 2. The van der Waals surface area contributed by atoms with E-state index in [0.29, 0.717) is 13.0 Å². The lowest BCUT2D eigenvalue weighted by Gasteiger charge is -2.13. The van der Waals surface area contributed by atoms with Crippen molar-refractivity contribution in [3.05, 3.63) is 29.3 Å². The molecule has 2 amide bonds. The molecule has 1 aromatic rings. The molecule has 1 aromatic carbocycles. The molecular weight excluding hydrogens is 280 g/mol. The van der Waals surface area contributed by atoms with Crippen LogP contribution in [-0.2, 0) is 16.0 Å². The van der Waals surface area contributed by atoms with Gasteiger partial charge in [0.25, 0.3) is 0 Å². The number of methoxy groups -OCH3 is 1. The van der Waals surface area contributed by atoms with Gasteiger partial charge in [-0.2, -0.15) is 0 Å². The van der Waals surface area contributed by atoms with Crippen molar-refractivity contribution in [3.63, 3.8) is 0 Å². The molecule has 0 bridgehead atoms. The molecule has 0 aromatic heterocycles. The molecule has 5 nitrogen and oxygen atoms in total. The van der Waals surface area contributed by atoms with Crippen molar-refractivity contribution in [2.75, 3.05) is 19.0 Å². The van der Waals surface area contributed by atoms with E-state index in [9.17, 15) is 9.59 Å². The van der Waals surface area contributed by atoms with Gasteiger partial charge in [0.05, 0.1) is 7.11 Å². The Balaban J connectivity index is 2.28. The predicted octanol–water partition coefficient (Wildman–Crippen LogP) is 3.41. The van der Waals surface area contributed by atoms with E-state index in [1.54, 1.807) is 0 Å². The second-order valence-corrected chi connectivity index (χ2v) is 5.23. The van der Waals surface area contributed by atoms with Crippen molar-refractivity contribution in [1.29, 1.82) is 0 Å². The Morgan fingerprint density at radius 2 is 1.95 bits per heavy atom. The summed E-state index contributed by atoms with van der Waals surface area (Å²) in [6, 6.07) is 5.83. The van der Waals surface area contributed by atoms with Crippen LogP contribution in [0.2, 0.25) is 0 Å². The van der Waals surface area contributed by atoms with Crippen LogP contribution >= 0.6 is 0 Å². The SMILES string of the molecule is CCc1cccc(C)c1NC(=O)NCCCCCC(=O)OC. The van der Waals surface area contributed by atoms with Gasteiger partial charge >= 0.3 is 12.0 Å². The first-order chi connectivity index (χ1) is 10.6. The third-order valence-corrected chi connectivity index (χ3v) is 3.55. The summed E-state index contributed by atoms with van der Waals surface area (Å²) in [6.07, 6.45) is 3.84. The number of aryl methyl sites for hydroxylation is 2. The van der Waals surface area contributed by atoms with Crippen LogP contribution in [0.25, 0.3) is 0 Å². The first-order valence-electron chi connectivity index (χ1n) is 7.78. The lowest BCUT2D eigenvalue weighted by atomic mass is 10.1. The zero-order chi connectivity index (χ0) is 16.4. The normalized spacial score (nSPS) is 10.1. The highest BCUT2D eigenvalue weighted by Gasteiger charge is 2.07. The number of nitrogens with one attached hydrogen (secondary N) is 2. The standard InChI is InChI=1S/C17H26N2O3/c1-4-14-10-8-9-13(2)16(14)19-17(21)18-12-7-5-6-11-15(20)22-3/h8-10H,4-7,11-12H2,1-3H3,(H2,18,19,21). The van der Waals surface area contributed by atoms with Gasteiger partial charge in [0.1, 0.15) is 0 Å². The minimum atomic E-state index is -0.183. The van der Waals surface area contributed by atoms with Gasteiger partial charge in [0, 0.05) is 18.7 Å². The van der Waals surface area contributed by atoms with Gasteiger partial charge in [0.2, 0.25) is 0 Å². The van der Waals surface area contributed by atoms with Gasteiger partial charge < -0.3 is 15.4 Å². The van der Waals surface area contributed by atoms with Gasteiger partial charge in [0.15, 0.2) is 0 Å². The Hall–Kier alpha value is -2.04. The van der Waals surface area contributed by atoms with E-state index in [4.69, 9.17) is 0 Å². The summed E-state index contributed by atoms with van der Waals surface area (Å²) >= 11 is 0. The Bertz CT molecular complexity index is 501. The molecule has 0 unspecified atom stereocenters. The number of amides is 2. The number of hydrogen-bond donors (Lipinski definition) is 2. The number of unbranched alkanes of at least 4 members (excludes halogenated alkanes) is 2. The van der Waals surface area contributed by atoms with Crippen LogP contribution < -0.4 is 10.6 Å². The molecule has 2 N–H and O–H groups in total. The molecule has 22 heavy (non-hydrogen) atoms. The number of ether oxygens (including phenoxy) is 1. The van der Waals surface area contributed by atoms with Crippen molar-refractivity contribution in [1.82, 2.24) is 5.32 Å². The van der Waals surface area contributed by atoms with Crippen LogP contribution in [-0.4, -0.2) is 25.7 Å². The number of benzene rings is 1. The van der Waals surface area contributed by atoms with Gasteiger partial charge in [-0.3, -0.25) is 4.79 Å². The molecule has 5 heteroatoms. The molecule has 0 saturated heterocycles. The average molecular weight is 306 g/mol. The van der Waals surface area contributed by atoms with Crippen LogP contribution in [0.1, 0.15) is 43.7 Å². The number of anilines is 1. The van der Waals surface area contributed by atoms with E-state index in [1.165, 1.54) is 7.11 Å². The van der Waals surface area contributed by atoms with Crippen LogP contribution in [0.15, 0.2) is 18.2 Å². The monoisotopic (exact) mass is 306 g/mol. The number of urea groups is 1. The average Bonchev–Trinajstić information content (AvgIpc) is 2.52. The maximum atomic E-state index is 11.9. The number of hydrogen-bond acceptors (Lipinski definition) is 3. The highest BCUT2D eigenvalue weighted by molar-refractivity contribution is 5.91. The zero-order valence-corrected chi connectivity index (χ0v) is 13.7. The molecule has 0 aliphatic heterocycles. The summed E-state index contributed by atoms with van der Waals surface area (Å²) in [7, 11) is 1.39. The molecule has 0 atom stereocenters. The summed E-state index contributed by atoms with van der Waals surface area (Å²) in [5.74, 6) is -0.183. The molecule has 122 valence electrons. The minimum Gasteiger partial charge on any atom is -0.469 e. The molecule has 0 aliphatic carbocycles. The Kier molecular flexibility index (Phi) is 8.04. The number of rotatable bonds is 8. The Morgan fingerprint density at radius 3 is 2.64 bits per heavy atom. The van der Waals surface area contributed by atoms with Gasteiger partial charge in [-0.1, -0.05) is 31.5 Å². The highest BCUT2D eigenvalue weighted by atomic mass is 16.5. The van der Waals surface area contributed by atoms with Crippen molar-refractivity contribution < 1.29 is 14.3 Å². The van der Waals surface area contributed by atoms with Crippen LogP contribution in [0.4, 0.5) is 10.5 Å². The largest absolute Gasteiger partial charge is 0.469 e. The smallest absolute Gasteiger partial charge is 0.319 e. The lowest BCUT2D eigenvalue weighted by Crippen LogP contribution is -2.30. The van der Waals surface area contributed by atoms with Gasteiger partial charge in [-0.25, -0.2) is 4.79 Å². The van der Waals surface area contributed by atoms with Crippen LogP contribution in [0, 0.1) is 6.92 Å². The first kappa shape index (κ1) is 18.0. The van der Waals surface area contributed by atoms with Crippen LogP contribution in [0.3, 0.4) is 0 Å². The van der Waals surface area contributed by atoms with Gasteiger partial charge in [-0.15, -0.1) is 0 Å². The number of para-hydroxylation sites is 1. The summed E-state index contributed by atoms with van der Waals surface area (Å²) in [6.45, 7) is 4.65. The molecule has 0 aliphatic rings. The predicted molar refractivity (Wildman–Crippen MR) is 88.1 cm³/mol. The Morgan fingerprint density at radius 1 is 1.18 bits per heavy atom. The first-order valence-corrected chi connectivity index (χ1v) is 7.78. The minimum absolute atomic E-state index is 0.183. The maximum absolute atomic E-state index is 11.9. The molecule has 0 saturated carbocycles. The topological polar surface area (TPSA) is 67.4 Å². The van der Waals surface area contributed by atoms with E-state index in [0.717, 1.165) is 42.5 Å². The van der Waals surface area contributed by atoms with E-state index >= 15 is 0 Å². The van der Waals surface area contributed by atoms with E-state index in [2.05, 4.69) is 22.3 Å². The molecule has 0 heterocycles. The molecular formula is C17H26N2O3. The van der Waals surface area contributed by atoms with E-state index in [-0.39, 0.29) is 12.0 Å². The van der Waals surface area contributed by atoms with Crippen LogP contribution in [0.5, 0.6) is 0 Å². The zero-order valence-electron chi connectivity index (χ0n) is 13.7. The maximum Gasteiger partial charge on any atom is 0.319 e. The third-order valence-electron chi connectivity index (χ3n) is 3.55. The molecule has 0 spiro atoms. The number of esters is 1. The van der Waals surface area contributed by atoms with E-state index < -0.39 is 0 Å². The fourth-order valence-electron chi connectivity index (χ4n) is 2.23. The summed E-state index contributed by atoms with van der Waals surface area (Å²) < 4.78 is 4.58. The summed E-state index contributed by atoms with van der Waals surface area (Å²) in [5.41, 5.74) is 3.09. The van der Waals surface area contributed by atoms with Crippen molar-refractivity contribution in [2.45, 2.75) is 46.0 Å². The molecule has 1 rings (SSSR count). The fourth-order valence-corrected chi connectivity index (χ4v) is 2.23. The van der Waals surface area contributed by atoms with Crippen molar-refractivity contribution in [3.8, 4) is 0 Å². The molecule has 0 radical (unpaired) electrons. The highest BCUT2D eigenvalue weighted by Crippen LogP contribution is 2.20. The quantitative estimate of drug-likeness (QED) is 0.571. The molecule has 0 fully saturated rings. The lowest BCUT2D eigenvalue weighted by molar-refractivity contribution is -0.140. The van der Waals surface area contributed by atoms with Crippen molar-refractivity contribution >= 4 is 17.7 Å². The summed E-state index contributed by atoms with van der Waals surface area (Å²) in [5, 5.41) is 5.77. The van der Waals surface area contributed by atoms with Gasteiger partial charge in [-0.05, 0) is 37.3 Å². The third kappa shape index (κ3) is 6.16. The fraction of sp³-hybridized carbons (Fsp3) is 0.529. The second kappa shape index (κ2) is 9.82. The van der Waals surface area contributed by atoms with E-state index in [1.807, 2.05) is 25.1 Å². The summed E-state index contributed by atoms with van der Waals surface area (Å²) in [4.78, 5) is 22.9. The Labute approximate surface area is 132 Å². The second-order valence-electron chi connectivity index (χ2n) is 5.23. The number of carbonyl (C=O) groups excluding carboxylic acids is 2.